The molecule has 1 aliphatic rings. The molecule has 0 aromatic rings. The standard InChI is InChI=1S/C11H19N3O2/c1-2-16-11(15)7-14-10-5-3-4-9(13)8(10)6-12/h6,9,12,14H,2-5,7,13H2,1H3/p+1/t9-/m0/s1. The summed E-state index contributed by atoms with van der Waals surface area (Å²) in [4.78, 5) is 11.2. The molecule has 90 valence electrons. The molecule has 0 aromatic carbocycles. The second-order valence-corrected chi connectivity index (χ2v) is 3.84. The fourth-order valence-corrected chi connectivity index (χ4v) is 1.90. The van der Waals surface area contributed by atoms with E-state index in [0.717, 1.165) is 30.5 Å². The maximum atomic E-state index is 11.2. The van der Waals surface area contributed by atoms with E-state index in [9.17, 15) is 4.79 Å². The Kier molecular flexibility index (Phi) is 5.14. The van der Waals surface area contributed by atoms with Gasteiger partial charge >= 0.3 is 5.97 Å². The highest BCUT2D eigenvalue weighted by Gasteiger charge is 2.22. The Balaban J connectivity index is 2.56. The van der Waals surface area contributed by atoms with Crippen molar-refractivity contribution >= 4 is 12.2 Å². The van der Waals surface area contributed by atoms with Gasteiger partial charge in [0, 0.05) is 24.3 Å². The second kappa shape index (κ2) is 6.40. The number of nitrogens with two attached hydrogens (primary N) is 2. The Morgan fingerprint density at radius 3 is 3.12 bits per heavy atom. The second-order valence-electron chi connectivity index (χ2n) is 3.84. The molecule has 0 aliphatic heterocycles. The number of nitrogens with one attached hydrogen (secondary N) is 1. The van der Waals surface area contributed by atoms with Crippen molar-refractivity contribution in [3.05, 3.63) is 11.3 Å². The largest absolute Gasteiger partial charge is 0.462 e. The molecule has 1 rings (SSSR count). The Morgan fingerprint density at radius 1 is 1.75 bits per heavy atom. The van der Waals surface area contributed by atoms with Crippen LogP contribution in [0.3, 0.4) is 0 Å². The van der Waals surface area contributed by atoms with Crippen molar-refractivity contribution in [2.45, 2.75) is 32.2 Å². The van der Waals surface area contributed by atoms with Gasteiger partial charge in [-0.2, -0.15) is 0 Å². The van der Waals surface area contributed by atoms with Crippen molar-refractivity contribution in [3.8, 4) is 0 Å². The average Bonchev–Trinajstić information content (AvgIpc) is 2.27. The molecule has 0 saturated heterocycles. The quantitative estimate of drug-likeness (QED) is 0.437. The minimum absolute atomic E-state index is 0.0558. The maximum absolute atomic E-state index is 11.2. The summed E-state index contributed by atoms with van der Waals surface area (Å²) >= 11 is 0. The van der Waals surface area contributed by atoms with E-state index >= 15 is 0 Å². The van der Waals surface area contributed by atoms with E-state index in [2.05, 4.69) is 0 Å². The summed E-state index contributed by atoms with van der Waals surface area (Å²) in [6.07, 6.45) is 4.15. The minimum Gasteiger partial charge on any atom is -0.462 e. The summed E-state index contributed by atoms with van der Waals surface area (Å²) in [7, 11) is 0. The highest BCUT2D eigenvalue weighted by Crippen LogP contribution is 2.18. The van der Waals surface area contributed by atoms with Crippen LogP contribution in [0.2, 0.25) is 0 Å². The molecule has 16 heavy (non-hydrogen) atoms. The van der Waals surface area contributed by atoms with Crippen LogP contribution in [0.1, 0.15) is 26.2 Å². The van der Waals surface area contributed by atoms with Crippen molar-refractivity contribution < 1.29 is 14.8 Å². The van der Waals surface area contributed by atoms with Gasteiger partial charge in [0.1, 0.15) is 5.70 Å². The highest BCUT2D eigenvalue weighted by atomic mass is 16.5. The lowest BCUT2D eigenvalue weighted by molar-refractivity contribution is -0.600. The summed E-state index contributed by atoms with van der Waals surface area (Å²) in [6.45, 7) is 2.46. The van der Waals surface area contributed by atoms with E-state index in [1.807, 2.05) is 5.32 Å². The molecule has 0 unspecified atom stereocenters. The number of quaternary nitrogens is 1. The van der Waals surface area contributed by atoms with Gasteiger partial charge in [-0.3, -0.25) is 0 Å². The highest BCUT2D eigenvalue weighted by molar-refractivity contribution is 5.78. The number of carbonyl (C=O) groups excluding carboxylic acids is 1. The molecule has 0 spiro atoms. The van der Waals surface area contributed by atoms with Gasteiger partial charge in [-0.1, -0.05) is 0 Å². The third-order valence-electron chi connectivity index (χ3n) is 2.71. The lowest BCUT2D eigenvalue weighted by Gasteiger charge is -2.20. The smallest absolute Gasteiger partial charge is 0.362 e. The van der Waals surface area contributed by atoms with Crippen molar-refractivity contribution in [1.82, 2.24) is 0 Å². The summed E-state index contributed by atoms with van der Waals surface area (Å²) in [5.41, 5.74) is 7.79. The number of allylic oxidation sites excluding steroid dienone is 1. The lowest BCUT2D eigenvalue weighted by Crippen LogP contribution is -2.84. The Morgan fingerprint density at radius 2 is 2.50 bits per heavy atom. The molecule has 1 atom stereocenters. The fourth-order valence-electron chi connectivity index (χ4n) is 1.90. The predicted octanol–water partition coefficient (Wildman–Crippen LogP) is -0.472. The number of esters is 1. The summed E-state index contributed by atoms with van der Waals surface area (Å²) in [5.74, 6) is -0.224. The van der Waals surface area contributed by atoms with Crippen LogP contribution >= 0.6 is 0 Å². The molecule has 5 nitrogen and oxygen atoms in total. The van der Waals surface area contributed by atoms with Gasteiger partial charge in [0.25, 0.3) is 0 Å². The van der Waals surface area contributed by atoms with Crippen molar-refractivity contribution in [2.75, 3.05) is 13.2 Å². The number of hydrogen-bond donors (Lipinski definition) is 3. The van der Waals surface area contributed by atoms with Gasteiger partial charge in [0.05, 0.1) is 6.61 Å². The van der Waals surface area contributed by atoms with Crippen LogP contribution in [0.25, 0.3) is 0 Å². The first kappa shape index (κ1) is 12.9. The van der Waals surface area contributed by atoms with Gasteiger partial charge in [0.15, 0.2) is 6.54 Å². The zero-order chi connectivity index (χ0) is 12.0. The monoisotopic (exact) mass is 226 g/mol. The van der Waals surface area contributed by atoms with Crippen molar-refractivity contribution in [3.63, 3.8) is 0 Å². The lowest BCUT2D eigenvalue weighted by atomic mass is 9.92. The molecular weight excluding hydrogens is 206 g/mol. The molecule has 0 saturated carbocycles. The van der Waals surface area contributed by atoms with Crippen LogP contribution in [0.15, 0.2) is 11.3 Å². The third-order valence-corrected chi connectivity index (χ3v) is 2.71. The van der Waals surface area contributed by atoms with Crippen LogP contribution in [-0.4, -0.2) is 31.4 Å². The Hall–Kier alpha value is -1.20. The van der Waals surface area contributed by atoms with E-state index in [1.165, 1.54) is 6.21 Å². The van der Waals surface area contributed by atoms with Gasteiger partial charge in [-0.15, -0.1) is 0 Å². The Bertz CT molecular complexity index is 300. The minimum atomic E-state index is -0.224. The zero-order valence-corrected chi connectivity index (χ0v) is 9.66. The topological polar surface area (TPSA) is 92.8 Å². The molecule has 0 radical (unpaired) electrons. The molecule has 0 amide bonds. The normalized spacial score (nSPS) is 20.8. The van der Waals surface area contributed by atoms with Crippen molar-refractivity contribution in [2.24, 2.45) is 5.73 Å². The van der Waals surface area contributed by atoms with Crippen LogP contribution in [0.4, 0.5) is 0 Å². The van der Waals surface area contributed by atoms with E-state index in [-0.39, 0.29) is 18.6 Å². The first-order chi connectivity index (χ1) is 7.69. The average molecular weight is 226 g/mol. The zero-order valence-electron chi connectivity index (χ0n) is 9.66. The van der Waals surface area contributed by atoms with Crippen LogP contribution < -0.4 is 11.1 Å². The van der Waals surface area contributed by atoms with E-state index < -0.39 is 0 Å². The molecular formula is C11H20N3O2+. The molecule has 5 N–H and O–H groups in total. The number of ether oxygens (including phenoxy) is 1. The van der Waals surface area contributed by atoms with Gasteiger partial charge in [0.2, 0.25) is 0 Å². The first-order valence-corrected chi connectivity index (χ1v) is 5.67. The van der Waals surface area contributed by atoms with E-state index in [4.69, 9.17) is 15.9 Å². The van der Waals surface area contributed by atoms with Crippen LogP contribution in [-0.2, 0) is 9.53 Å². The summed E-state index contributed by atoms with van der Waals surface area (Å²) in [5, 5.41) is 9.17. The summed E-state index contributed by atoms with van der Waals surface area (Å²) < 4.78 is 4.85. The summed E-state index contributed by atoms with van der Waals surface area (Å²) in [6, 6.07) is -0.0558. The predicted molar refractivity (Wildman–Crippen MR) is 61.1 cm³/mol. The molecule has 0 fully saturated rings. The number of hydrogen-bond acceptors (Lipinski definition) is 4. The van der Waals surface area contributed by atoms with Gasteiger partial charge in [-0.05, 0) is 19.8 Å². The number of rotatable bonds is 5. The maximum Gasteiger partial charge on any atom is 0.362 e. The van der Waals surface area contributed by atoms with E-state index in [1.54, 1.807) is 6.92 Å². The molecule has 0 heterocycles. The number of carbonyl (C=O) groups is 1. The molecule has 0 bridgehead atoms. The fraction of sp³-hybridized carbons (Fsp3) is 0.636. The SMILES string of the molecule is CCOC(=O)C[NH2+]C1=C(C=N)[C@@H](N)CCC1. The third kappa shape index (κ3) is 3.43. The van der Waals surface area contributed by atoms with Crippen molar-refractivity contribution in [1.29, 1.82) is 5.41 Å². The van der Waals surface area contributed by atoms with Crippen LogP contribution in [0.5, 0.6) is 0 Å². The Labute approximate surface area is 95.5 Å². The van der Waals surface area contributed by atoms with E-state index in [0.29, 0.717) is 6.61 Å². The van der Waals surface area contributed by atoms with Crippen LogP contribution in [0, 0.1) is 5.41 Å². The first-order valence-electron chi connectivity index (χ1n) is 5.67. The molecule has 1 aliphatic carbocycles. The molecule has 5 heteroatoms. The van der Waals surface area contributed by atoms with Gasteiger partial charge < -0.3 is 21.2 Å². The molecule has 0 aromatic heterocycles. The van der Waals surface area contributed by atoms with Gasteiger partial charge in [-0.25, -0.2) is 4.79 Å².